The van der Waals surface area contributed by atoms with Crippen molar-refractivity contribution in [3.63, 3.8) is 0 Å². The fraction of sp³-hybridized carbons (Fsp3) is 0.377. The van der Waals surface area contributed by atoms with Gasteiger partial charge in [-0.05, 0) is 143 Å². The van der Waals surface area contributed by atoms with Gasteiger partial charge in [-0.3, -0.25) is 9.59 Å². The normalized spacial score (nSPS) is 17.8. The van der Waals surface area contributed by atoms with Crippen molar-refractivity contribution < 1.29 is 28.7 Å². The lowest BCUT2D eigenvalue weighted by atomic mass is 9.84. The van der Waals surface area contributed by atoms with Gasteiger partial charge in [0.05, 0.1) is 35.9 Å². The Labute approximate surface area is 460 Å². The molecule has 5 atom stereocenters. The zero-order chi connectivity index (χ0) is 53.8. The standard InChI is InChI=1S/C61H70N8O6S2/c1-6-30-74-60(72)66-50(26-32-76-4)58(70)68-28-8-10-54(68)56-62-37-52(64-56)44-21-16-42(17-22-44)48-35-40-12-14-41-20-25-46(39(3)34-47(48)15-13-40)36-49(41)43-18-23-45(24-19-43)53-38-63-57(65-53)55-11-9-29-69(55)59(71)51(27-33-77-5)67-61(73)75-31-7-2/h6-7,13,15-25,35-39,50-51,54-55H,1-2,8-12,14,26-34H2,3-5H3,(H,62,64)(H,63,65)(H,66,72)(H,67,73). The molecule has 6 aliphatic rings. The molecule has 5 unspecified atom stereocenters. The van der Waals surface area contributed by atoms with Crippen LogP contribution < -0.4 is 10.6 Å². The Morgan fingerprint density at radius 1 is 0.662 bits per heavy atom. The van der Waals surface area contributed by atoms with E-state index in [0.29, 0.717) is 25.9 Å². The quantitative estimate of drug-likeness (QED) is 0.0539. The van der Waals surface area contributed by atoms with E-state index in [1.54, 1.807) is 23.5 Å². The third-order valence-electron chi connectivity index (χ3n) is 15.1. The molecule has 2 fully saturated rings. The molecule has 4 amide bonds. The molecule has 77 heavy (non-hydrogen) atoms. The highest BCUT2D eigenvalue weighted by molar-refractivity contribution is 7.98. The van der Waals surface area contributed by atoms with E-state index in [2.05, 4.69) is 126 Å². The summed E-state index contributed by atoms with van der Waals surface area (Å²) in [5, 5.41) is 5.58. The van der Waals surface area contributed by atoms with Gasteiger partial charge in [-0.15, -0.1) is 0 Å². The minimum atomic E-state index is -0.691. The zero-order valence-electron chi connectivity index (χ0n) is 44.4. The molecule has 12 rings (SSSR count). The van der Waals surface area contributed by atoms with Gasteiger partial charge in [0.1, 0.15) is 36.9 Å². The summed E-state index contributed by atoms with van der Waals surface area (Å²) in [7, 11) is 0. The molecule has 4 bridgehead atoms. The van der Waals surface area contributed by atoms with Crippen molar-refractivity contribution in [2.75, 3.05) is 50.3 Å². The first-order valence-electron chi connectivity index (χ1n) is 26.8. The summed E-state index contributed by atoms with van der Waals surface area (Å²) in [6.07, 6.45) is 16.3. The molecule has 4 heterocycles. The number of hydrogen-bond acceptors (Lipinski definition) is 10. The van der Waals surface area contributed by atoms with Crippen LogP contribution in [0.25, 0.3) is 44.8 Å². The van der Waals surface area contributed by atoms with Gasteiger partial charge in [0.2, 0.25) is 11.8 Å². The summed E-state index contributed by atoms with van der Waals surface area (Å²) in [5.74, 6) is 2.93. The maximum absolute atomic E-state index is 13.9. The van der Waals surface area contributed by atoms with Crippen molar-refractivity contribution in [1.82, 2.24) is 40.4 Å². The second-order valence-electron chi connectivity index (χ2n) is 20.1. The van der Waals surface area contributed by atoms with E-state index in [9.17, 15) is 19.2 Å². The minimum Gasteiger partial charge on any atom is -0.445 e. The number of aromatic nitrogens is 4. The number of benzene rings is 4. The molecule has 16 heteroatoms. The van der Waals surface area contributed by atoms with Crippen molar-refractivity contribution in [3.05, 3.63) is 157 Å². The van der Waals surface area contributed by atoms with E-state index < -0.39 is 24.3 Å². The number of amides is 4. The number of aromatic amines is 2. The Kier molecular flexibility index (Phi) is 18.4. The monoisotopic (exact) mass is 1070 g/mol. The first kappa shape index (κ1) is 54.7. The molecule has 4 N–H and O–H groups in total. The first-order valence-corrected chi connectivity index (χ1v) is 29.6. The van der Waals surface area contributed by atoms with Gasteiger partial charge >= 0.3 is 12.2 Å². The molecule has 2 aromatic heterocycles. The van der Waals surface area contributed by atoms with Crippen molar-refractivity contribution in [2.24, 2.45) is 0 Å². The predicted molar refractivity (Wildman–Crippen MR) is 309 cm³/mol. The Morgan fingerprint density at radius 3 is 1.64 bits per heavy atom. The highest BCUT2D eigenvalue weighted by Gasteiger charge is 2.38. The number of nitrogens with zero attached hydrogens (tertiary/aromatic N) is 4. The molecule has 0 spiro atoms. The number of carbonyl (C=O) groups excluding carboxylic acids is 4. The summed E-state index contributed by atoms with van der Waals surface area (Å²) in [6.45, 7) is 10.9. The van der Waals surface area contributed by atoms with Gasteiger partial charge in [-0.2, -0.15) is 23.5 Å². The van der Waals surface area contributed by atoms with Crippen LogP contribution in [0.5, 0.6) is 0 Å². The van der Waals surface area contributed by atoms with Crippen LogP contribution in [0, 0.1) is 0 Å². The smallest absolute Gasteiger partial charge is 0.408 e. The van der Waals surface area contributed by atoms with E-state index in [0.717, 1.165) is 102 Å². The van der Waals surface area contributed by atoms with Crippen LogP contribution in [0.3, 0.4) is 0 Å². The van der Waals surface area contributed by atoms with E-state index >= 15 is 0 Å². The number of aryl methyl sites for hydroxylation is 2. The Balaban J connectivity index is 0.868. The van der Waals surface area contributed by atoms with Gasteiger partial charge in [-0.1, -0.05) is 117 Å². The third-order valence-corrected chi connectivity index (χ3v) is 16.3. The molecule has 2 saturated heterocycles. The summed E-state index contributed by atoms with van der Waals surface area (Å²) in [6, 6.07) is 29.6. The van der Waals surface area contributed by atoms with Gasteiger partial charge in [0.15, 0.2) is 0 Å². The van der Waals surface area contributed by atoms with Gasteiger partial charge in [0.25, 0.3) is 0 Å². The first-order chi connectivity index (χ1) is 37.5. The molecule has 4 aromatic carbocycles. The molecule has 6 aromatic rings. The number of thioether (sulfide) groups is 2. The number of likely N-dealkylation sites (tertiary alicyclic amines) is 2. The number of hydrogen-bond donors (Lipinski definition) is 4. The van der Waals surface area contributed by atoms with Crippen LogP contribution in [0.1, 0.15) is 97.4 Å². The maximum atomic E-state index is 13.9. The van der Waals surface area contributed by atoms with E-state index in [1.165, 1.54) is 45.5 Å². The minimum absolute atomic E-state index is 0.0751. The fourth-order valence-corrected chi connectivity index (χ4v) is 11.9. The molecule has 2 aliphatic heterocycles. The average Bonchev–Trinajstić information content (AvgIpc) is 4.34. The summed E-state index contributed by atoms with van der Waals surface area (Å²) < 4.78 is 10.3. The van der Waals surface area contributed by atoms with Crippen LogP contribution >= 0.6 is 23.5 Å². The second-order valence-corrected chi connectivity index (χ2v) is 22.1. The summed E-state index contributed by atoms with van der Waals surface area (Å²) in [4.78, 5) is 73.2. The number of carbonyl (C=O) groups is 4. The molecule has 0 radical (unpaired) electrons. The predicted octanol–water partition coefficient (Wildman–Crippen LogP) is 11.6. The highest BCUT2D eigenvalue weighted by Crippen LogP contribution is 2.38. The van der Waals surface area contributed by atoms with Crippen molar-refractivity contribution in [2.45, 2.75) is 94.8 Å². The van der Waals surface area contributed by atoms with Crippen molar-refractivity contribution in [3.8, 4) is 44.8 Å². The Hall–Kier alpha value is -7.04. The molecular formula is C61H70N8O6S2. The average molecular weight is 1080 g/mol. The number of alkyl carbamates (subject to hydrolysis) is 2. The van der Waals surface area contributed by atoms with Crippen molar-refractivity contribution in [1.29, 1.82) is 0 Å². The second kappa shape index (κ2) is 25.9. The number of nitrogens with one attached hydrogen (secondary N) is 4. The van der Waals surface area contributed by atoms with Gasteiger partial charge in [0, 0.05) is 13.1 Å². The summed E-state index contributed by atoms with van der Waals surface area (Å²) in [5.41, 5.74) is 13.8. The fourth-order valence-electron chi connectivity index (χ4n) is 11.0. The van der Waals surface area contributed by atoms with E-state index in [1.807, 2.05) is 34.7 Å². The van der Waals surface area contributed by atoms with Crippen molar-refractivity contribution >= 4 is 47.5 Å². The lowest BCUT2D eigenvalue weighted by Gasteiger charge is -2.28. The Bertz CT molecular complexity index is 3050. The lowest BCUT2D eigenvalue weighted by Crippen LogP contribution is -2.49. The maximum Gasteiger partial charge on any atom is 0.408 e. The van der Waals surface area contributed by atoms with Crippen LogP contribution in [0.4, 0.5) is 9.59 Å². The molecule has 0 saturated carbocycles. The number of ether oxygens (including phenoxy) is 2. The zero-order valence-corrected chi connectivity index (χ0v) is 46.0. The highest BCUT2D eigenvalue weighted by atomic mass is 32.2. The largest absolute Gasteiger partial charge is 0.445 e. The third kappa shape index (κ3) is 13.0. The van der Waals surface area contributed by atoms with Crippen LogP contribution in [-0.2, 0) is 38.3 Å². The van der Waals surface area contributed by atoms with Crippen LogP contribution in [0.2, 0.25) is 0 Å². The SMILES string of the molecule is C=CCOC(=O)NC(CCSC)C(=O)N1CCCC1c1ncc(-c2ccc(-c3cc4ccc3CCc3ccc(c(-c5ccc(-c6cnc(C7CCCN7C(=O)C(CCSC)NC(=O)OCC=C)[nH]6)cc5)c3)CC4C)cc2)[nH]1. The topological polar surface area (TPSA) is 175 Å². The molecular weight excluding hydrogens is 1000 g/mol. The molecule has 402 valence electrons. The van der Waals surface area contributed by atoms with Gasteiger partial charge < -0.3 is 39.9 Å². The lowest BCUT2D eigenvalue weighted by molar-refractivity contribution is -0.135. The molecule has 14 nitrogen and oxygen atoms in total. The number of rotatable bonds is 20. The van der Waals surface area contributed by atoms with Gasteiger partial charge in [-0.25, -0.2) is 19.6 Å². The van der Waals surface area contributed by atoms with Crippen LogP contribution in [0.15, 0.2) is 123 Å². The number of H-pyrrole nitrogens is 2. The molecule has 4 aliphatic carbocycles. The Morgan fingerprint density at radius 2 is 1.14 bits per heavy atom. The van der Waals surface area contributed by atoms with Crippen LogP contribution in [-0.4, -0.2) is 116 Å². The van der Waals surface area contributed by atoms with E-state index in [4.69, 9.17) is 19.4 Å². The van der Waals surface area contributed by atoms with E-state index in [-0.39, 0.29) is 43.0 Å². The number of imidazole rings is 2. The summed E-state index contributed by atoms with van der Waals surface area (Å²) >= 11 is 3.26.